The third-order valence-electron chi connectivity index (χ3n) is 5.31. The fourth-order valence-electron chi connectivity index (χ4n) is 3.82. The SMILES string of the molecule is O=C(Nc1ccccc1Cl)N1CCN(C(c2ccccc2)c2ccccc2)CC1. The summed E-state index contributed by atoms with van der Waals surface area (Å²) in [6, 6.07) is 28.5. The van der Waals surface area contributed by atoms with Crippen molar-refractivity contribution in [1.29, 1.82) is 0 Å². The Kier molecular flexibility index (Phi) is 6.13. The molecule has 0 spiro atoms. The summed E-state index contributed by atoms with van der Waals surface area (Å²) in [6.07, 6.45) is 0. The van der Waals surface area contributed by atoms with Crippen LogP contribution in [0.5, 0.6) is 0 Å². The van der Waals surface area contributed by atoms with Crippen LogP contribution in [0, 0.1) is 0 Å². The molecule has 2 amide bonds. The first-order chi connectivity index (χ1) is 14.2. The Morgan fingerprint density at radius 3 is 1.83 bits per heavy atom. The normalized spacial score (nSPS) is 14.8. The van der Waals surface area contributed by atoms with Crippen LogP contribution in [0.1, 0.15) is 17.2 Å². The Bertz CT molecular complexity index is 901. The predicted octanol–water partition coefficient (Wildman–Crippen LogP) is 5.28. The lowest BCUT2D eigenvalue weighted by Gasteiger charge is -2.39. The van der Waals surface area contributed by atoms with Gasteiger partial charge in [0.15, 0.2) is 0 Å². The van der Waals surface area contributed by atoms with Crippen molar-refractivity contribution in [2.75, 3.05) is 31.5 Å². The van der Waals surface area contributed by atoms with Crippen LogP contribution in [0.3, 0.4) is 0 Å². The van der Waals surface area contributed by atoms with Crippen molar-refractivity contribution in [3.8, 4) is 0 Å². The molecule has 0 saturated carbocycles. The number of hydrogen-bond acceptors (Lipinski definition) is 2. The molecule has 4 rings (SSSR count). The molecule has 4 nitrogen and oxygen atoms in total. The minimum absolute atomic E-state index is 0.103. The minimum atomic E-state index is -0.103. The smallest absolute Gasteiger partial charge is 0.321 e. The number of nitrogens with one attached hydrogen (secondary N) is 1. The van der Waals surface area contributed by atoms with Crippen LogP contribution in [-0.4, -0.2) is 42.0 Å². The summed E-state index contributed by atoms with van der Waals surface area (Å²) in [5.74, 6) is 0. The molecule has 1 N–H and O–H groups in total. The molecule has 148 valence electrons. The number of carbonyl (C=O) groups excluding carboxylic acids is 1. The van der Waals surface area contributed by atoms with Crippen molar-refractivity contribution < 1.29 is 4.79 Å². The topological polar surface area (TPSA) is 35.6 Å². The first kappa shape index (κ1) is 19.5. The van der Waals surface area contributed by atoms with Gasteiger partial charge in [-0.1, -0.05) is 84.4 Å². The third kappa shape index (κ3) is 4.61. The Balaban J connectivity index is 1.46. The summed E-state index contributed by atoms with van der Waals surface area (Å²) in [4.78, 5) is 17.0. The van der Waals surface area contributed by atoms with Crippen molar-refractivity contribution in [1.82, 2.24) is 9.80 Å². The molecule has 0 atom stereocenters. The van der Waals surface area contributed by atoms with Crippen LogP contribution < -0.4 is 5.32 Å². The van der Waals surface area contributed by atoms with Gasteiger partial charge in [-0.25, -0.2) is 4.79 Å². The lowest BCUT2D eigenvalue weighted by atomic mass is 9.96. The van der Waals surface area contributed by atoms with Gasteiger partial charge in [0.05, 0.1) is 16.8 Å². The number of carbonyl (C=O) groups is 1. The molecular weight excluding hydrogens is 382 g/mol. The van der Waals surface area contributed by atoms with Crippen LogP contribution in [0.4, 0.5) is 10.5 Å². The standard InChI is InChI=1S/C24H24ClN3O/c25-21-13-7-8-14-22(21)26-24(29)28-17-15-27(16-18-28)23(19-9-3-1-4-10-19)20-11-5-2-6-12-20/h1-14,23H,15-18H2,(H,26,29). The van der Waals surface area contributed by atoms with Gasteiger partial charge in [0, 0.05) is 26.2 Å². The molecule has 5 heteroatoms. The zero-order valence-corrected chi connectivity index (χ0v) is 16.9. The molecule has 0 aliphatic carbocycles. The predicted molar refractivity (Wildman–Crippen MR) is 118 cm³/mol. The number of amides is 2. The van der Waals surface area contributed by atoms with Crippen molar-refractivity contribution >= 4 is 23.3 Å². The highest BCUT2D eigenvalue weighted by Crippen LogP contribution is 2.29. The number of benzene rings is 3. The highest BCUT2D eigenvalue weighted by Gasteiger charge is 2.28. The van der Waals surface area contributed by atoms with Crippen molar-refractivity contribution in [3.05, 3.63) is 101 Å². The van der Waals surface area contributed by atoms with E-state index in [1.54, 1.807) is 6.07 Å². The number of anilines is 1. The van der Waals surface area contributed by atoms with Gasteiger partial charge in [0.1, 0.15) is 0 Å². The fourth-order valence-corrected chi connectivity index (χ4v) is 4.01. The average Bonchev–Trinajstić information content (AvgIpc) is 2.77. The van der Waals surface area contributed by atoms with Gasteiger partial charge in [-0.3, -0.25) is 4.90 Å². The van der Waals surface area contributed by atoms with Crippen LogP contribution in [0.15, 0.2) is 84.9 Å². The van der Waals surface area contributed by atoms with Gasteiger partial charge in [0.2, 0.25) is 0 Å². The van der Waals surface area contributed by atoms with Crippen LogP contribution >= 0.6 is 11.6 Å². The van der Waals surface area contributed by atoms with Gasteiger partial charge in [-0.05, 0) is 23.3 Å². The Morgan fingerprint density at radius 2 is 1.28 bits per heavy atom. The molecule has 3 aromatic carbocycles. The molecule has 0 bridgehead atoms. The second-order valence-corrected chi connectivity index (χ2v) is 7.56. The molecular formula is C24H24ClN3O. The maximum Gasteiger partial charge on any atom is 0.321 e. The molecule has 3 aromatic rings. The average molecular weight is 406 g/mol. The summed E-state index contributed by atoms with van der Waals surface area (Å²) in [5.41, 5.74) is 3.19. The number of hydrogen-bond donors (Lipinski definition) is 1. The number of halogens is 1. The quantitative estimate of drug-likeness (QED) is 0.641. The molecule has 1 heterocycles. The summed E-state index contributed by atoms with van der Waals surface area (Å²) in [6.45, 7) is 2.97. The largest absolute Gasteiger partial charge is 0.322 e. The zero-order valence-electron chi connectivity index (χ0n) is 16.2. The van der Waals surface area contributed by atoms with E-state index in [1.165, 1.54) is 11.1 Å². The van der Waals surface area contributed by atoms with Crippen LogP contribution in [-0.2, 0) is 0 Å². The van der Waals surface area contributed by atoms with E-state index in [0.717, 1.165) is 13.1 Å². The number of urea groups is 1. The molecule has 1 aliphatic heterocycles. The van der Waals surface area contributed by atoms with Crippen molar-refractivity contribution in [2.45, 2.75) is 6.04 Å². The fraction of sp³-hybridized carbons (Fsp3) is 0.208. The zero-order chi connectivity index (χ0) is 20.1. The number of nitrogens with zero attached hydrogens (tertiary/aromatic N) is 2. The molecule has 0 radical (unpaired) electrons. The van der Waals surface area contributed by atoms with E-state index in [4.69, 9.17) is 11.6 Å². The monoisotopic (exact) mass is 405 g/mol. The second-order valence-electron chi connectivity index (χ2n) is 7.16. The van der Waals surface area contributed by atoms with Crippen molar-refractivity contribution in [2.24, 2.45) is 0 Å². The summed E-state index contributed by atoms with van der Waals surface area (Å²) in [7, 11) is 0. The number of para-hydroxylation sites is 1. The first-order valence-electron chi connectivity index (χ1n) is 9.87. The minimum Gasteiger partial charge on any atom is -0.322 e. The molecule has 1 aliphatic rings. The van der Waals surface area contributed by atoms with Crippen LogP contribution in [0.2, 0.25) is 5.02 Å². The lowest BCUT2D eigenvalue weighted by Crippen LogP contribution is -2.51. The van der Waals surface area contributed by atoms with Crippen molar-refractivity contribution in [3.63, 3.8) is 0 Å². The molecule has 0 aromatic heterocycles. The first-order valence-corrected chi connectivity index (χ1v) is 10.2. The second kappa shape index (κ2) is 9.12. The van der Waals surface area contributed by atoms with Gasteiger partial charge >= 0.3 is 6.03 Å². The number of rotatable bonds is 4. The van der Waals surface area contributed by atoms with Gasteiger partial charge in [-0.2, -0.15) is 0 Å². The van der Waals surface area contributed by atoms with Gasteiger partial charge < -0.3 is 10.2 Å². The summed E-state index contributed by atoms with van der Waals surface area (Å²) < 4.78 is 0. The maximum absolute atomic E-state index is 12.7. The van der Waals surface area contributed by atoms with Gasteiger partial charge in [0.25, 0.3) is 0 Å². The number of piperazine rings is 1. The Morgan fingerprint density at radius 1 is 0.759 bits per heavy atom. The van der Waals surface area contributed by atoms with E-state index in [9.17, 15) is 4.79 Å². The van der Waals surface area contributed by atoms with E-state index < -0.39 is 0 Å². The van der Waals surface area contributed by atoms with E-state index in [1.807, 2.05) is 35.2 Å². The van der Waals surface area contributed by atoms with E-state index in [0.29, 0.717) is 23.8 Å². The summed E-state index contributed by atoms with van der Waals surface area (Å²) in [5, 5.41) is 3.47. The van der Waals surface area contributed by atoms with Gasteiger partial charge in [-0.15, -0.1) is 0 Å². The highest BCUT2D eigenvalue weighted by molar-refractivity contribution is 6.33. The van der Waals surface area contributed by atoms with Crippen LogP contribution in [0.25, 0.3) is 0 Å². The van der Waals surface area contributed by atoms with E-state index in [2.05, 4.69) is 58.7 Å². The highest BCUT2D eigenvalue weighted by atomic mass is 35.5. The third-order valence-corrected chi connectivity index (χ3v) is 5.64. The molecule has 1 saturated heterocycles. The Labute approximate surface area is 176 Å². The van der Waals surface area contributed by atoms with E-state index in [-0.39, 0.29) is 12.1 Å². The Hall–Kier alpha value is -2.82. The molecule has 0 unspecified atom stereocenters. The summed E-state index contributed by atoms with van der Waals surface area (Å²) >= 11 is 6.17. The van der Waals surface area contributed by atoms with E-state index >= 15 is 0 Å². The molecule has 1 fully saturated rings. The molecule has 29 heavy (non-hydrogen) atoms. The lowest BCUT2D eigenvalue weighted by molar-refractivity contribution is 0.126. The maximum atomic E-state index is 12.7.